The lowest BCUT2D eigenvalue weighted by atomic mass is 9.85. The molecule has 0 atom stereocenters. The van der Waals surface area contributed by atoms with Crippen molar-refractivity contribution in [2.45, 2.75) is 0 Å². The molecule has 0 saturated carbocycles. The topological polar surface area (TPSA) is 9.23 Å². The van der Waals surface area contributed by atoms with Crippen molar-refractivity contribution in [1.29, 1.82) is 0 Å². The lowest BCUT2D eigenvalue weighted by molar-refractivity contribution is 0.487. The van der Waals surface area contributed by atoms with Crippen molar-refractivity contribution in [3.05, 3.63) is 145 Å². The minimum absolute atomic E-state index is 0.208. The highest BCUT2D eigenvalue weighted by Crippen LogP contribution is 2.50. The molecule has 41 heavy (non-hydrogen) atoms. The van der Waals surface area contributed by atoms with Gasteiger partial charge in [0.15, 0.2) is 0 Å². The first kappa shape index (κ1) is 18.0. The fourth-order valence-corrected chi connectivity index (χ4v) is 6.61. The van der Waals surface area contributed by atoms with Crippen LogP contribution in [0, 0.1) is 0 Å². The zero-order valence-corrected chi connectivity index (χ0v) is 21.9. The molecule has 9 rings (SSSR count). The molecule has 0 radical (unpaired) electrons. The van der Waals surface area contributed by atoms with E-state index in [4.69, 9.17) is 11.6 Å². The van der Waals surface area contributed by atoms with Crippen LogP contribution in [-0.4, -0.2) is 0 Å². The largest absolute Gasteiger partial charge is 0.456 e. The second kappa shape index (κ2) is 8.55. The second-order valence-corrected chi connectivity index (χ2v) is 10.5. The van der Waals surface area contributed by atoms with Crippen molar-refractivity contribution >= 4 is 43.1 Å². The number of hydrogen-bond donors (Lipinski definition) is 0. The SMILES string of the molecule is [2H]c1c([2H])c([2H])c(-c2c3ccccc3cc3c2ccc2cccc(-c4ccc5c6c(cccc46)-c4ccccc4O5)c23)c([2H])c1[2H]. The van der Waals surface area contributed by atoms with Gasteiger partial charge in [0, 0.05) is 10.9 Å². The summed E-state index contributed by atoms with van der Waals surface area (Å²) < 4.78 is 49.2. The number of ether oxygens (including phenoxy) is 1. The standard InChI is InChI=1S/C40H24O/c1-2-10-25(11-3-1)38-28-14-5-4-12-27(28)24-35-34(38)21-20-26-13-8-16-31(39(26)35)29-22-23-37-40-32(29)17-9-18-33(40)30-15-6-7-19-36(30)41-37/h1-24H/i1D,2D,3D,10D,11D. The molecule has 0 spiro atoms. The normalized spacial score (nSPS) is 13.8. The average Bonchev–Trinajstić information content (AvgIpc) is 3.09. The molecule has 1 heterocycles. The molecule has 0 unspecified atom stereocenters. The zero-order valence-electron chi connectivity index (χ0n) is 26.9. The van der Waals surface area contributed by atoms with Crippen molar-refractivity contribution in [1.82, 2.24) is 0 Å². The summed E-state index contributed by atoms with van der Waals surface area (Å²) in [5.41, 5.74) is 5.17. The summed E-state index contributed by atoms with van der Waals surface area (Å²) in [5, 5.41) is 7.80. The molecule has 0 aromatic heterocycles. The average molecular weight is 526 g/mol. The van der Waals surface area contributed by atoms with Crippen molar-refractivity contribution in [3.8, 4) is 44.9 Å². The Morgan fingerprint density at radius 3 is 2.10 bits per heavy atom. The highest BCUT2D eigenvalue weighted by molar-refractivity contribution is 6.24. The van der Waals surface area contributed by atoms with Crippen LogP contribution >= 0.6 is 0 Å². The van der Waals surface area contributed by atoms with E-state index in [0.717, 1.165) is 76.8 Å². The Labute approximate surface area is 244 Å². The monoisotopic (exact) mass is 525 g/mol. The van der Waals surface area contributed by atoms with Crippen molar-refractivity contribution in [2.75, 3.05) is 0 Å². The van der Waals surface area contributed by atoms with E-state index in [0.29, 0.717) is 5.56 Å². The molecule has 0 bridgehead atoms. The molecule has 1 aliphatic rings. The van der Waals surface area contributed by atoms with Gasteiger partial charge in [-0.1, -0.05) is 127 Å². The van der Waals surface area contributed by atoms with E-state index in [1.165, 1.54) is 0 Å². The first-order valence-electron chi connectivity index (χ1n) is 16.2. The number of fused-ring (bicyclic) bond motifs is 6. The third kappa shape index (κ3) is 3.24. The van der Waals surface area contributed by atoms with Gasteiger partial charge in [-0.25, -0.2) is 0 Å². The van der Waals surface area contributed by atoms with Gasteiger partial charge in [0.2, 0.25) is 0 Å². The molecule has 0 N–H and O–H groups in total. The highest BCUT2D eigenvalue weighted by Gasteiger charge is 2.22. The predicted octanol–water partition coefficient (Wildman–Crippen LogP) is 11.4. The van der Waals surface area contributed by atoms with Crippen LogP contribution in [0.2, 0.25) is 0 Å². The smallest absolute Gasteiger partial charge is 0.135 e. The first-order chi connectivity index (χ1) is 22.4. The Bertz CT molecular complexity index is 2600. The Balaban J connectivity index is 1.42. The molecule has 1 nitrogen and oxygen atoms in total. The third-order valence-electron chi connectivity index (χ3n) is 8.32. The molecular formula is C40H24O. The predicted molar refractivity (Wildman–Crippen MR) is 173 cm³/mol. The van der Waals surface area contributed by atoms with Crippen LogP contribution in [-0.2, 0) is 0 Å². The maximum Gasteiger partial charge on any atom is 0.135 e. The van der Waals surface area contributed by atoms with Gasteiger partial charge in [-0.15, -0.1) is 0 Å². The number of benzene rings is 8. The molecule has 0 saturated heterocycles. The van der Waals surface area contributed by atoms with Crippen LogP contribution in [0.15, 0.2) is 145 Å². The van der Waals surface area contributed by atoms with Gasteiger partial charge in [-0.3, -0.25) is 0 Å². The van der Waals surface area contributed by atoms with Crippen LogP contribution in [0.5, 0.6) is 11.5 Å². The van der Waals surface area contributed by atoms with Gasteiger partial charge in [-0.2, -0.15) is 0 Å². The Morgan fingerprint density at radius 2 is 1.17 bits per heavy atom. The molecule has 0 amide bonds. The molecule has 0 fully saturated rings. The molecule has 1 aliphatic heterocycles. The lowest BCUT2D eigenvalue weighted by Crippen LogP contribution is -1.97. The molecule has 0 aliphatic carbocycles. The van der Waals surface area contributed by atoms with Crippen molar-refractivity contribution in [3.63, 3.8) is 0 Å². The summed E-state index contributed by atoms with van der Waals surface area (Å²) in [6.45, 7) is 0. The lowest BCUT2D eigenvalue weighted by Gasteiger charge is -2.23. The molecule has 8 aromatic rings. The number of hydrogen-bond acceptors (Lipinski definition) is 1. The minimum Gasteiger partial charge on any atom is -0.456 e. The fraction of sp³-hybridized carbons (Fsp3) is 0. The van der Waals surface area contributed by atoms with Gasteiger partial charge in [0.25, 0.3) is 0 Å². The van der Waals surface area contributed by atoms with Gasteiger partial charge in [-0.05, 0) is 83.7 Å². The Hall–Kier alpha value is -5.40. The van der Waals surface area contributed by atoms with Gasteiger partial charge >= 0.3 is 0 Å². The molecular weight excluding hydrogens is 496 g/mol. The summed E-state index contributed by atoms with van der Waals surface area (Å²) >= 11 is 0. The maximum atomic E-state index is 8.88. The van der Waals surface area contributed by atoms with E-state index in [1.54, 1.807) is 0 Å². The van der Waals surface area contributed by atoms with E-state index < -0.39 is 6.04 Å². The number of rotatable bonds is 2. The van der Waals surface area contributed by atoms with Crippen LogP contribution in [0.3, 0.4) is 0 Å². The van der Waals surface area contributed by atoms with E-state index in [9.17, 15) is 0 Å². The third-order valence-corrected chi connectivity index (χ3v) is 8.32. The van der Waals surface area contributed by atoms with E-state index >= 15 is 0 Å². The van der Waals surface area contributed by atoms with Gasteiger partial charge in [0.1, 0.15) is 11.5 Å². The van der Waals surface area contributed by atoms with Crippen molar-refractivity contribution < 1.29 is 11.6 Å². The van der Waals surface area contributed by atoms with Crippen LogP contribution < -0.4 is 4.74 Å². The van der Waals surface area contributed by atoms with E-state index in [1.807, 2.05) is 48.5 Å². The first-order valence-corrected chi connectivity index (χ1v) is 13.7. The summed E-state index contributed by atoms with van der Waals surface area (Å²) in [4.78, 5) is 0. The van der Waals surface area contributed by atoms with Gasteiger partial charge in [0.05, 0.1) is 6.85 Å². The maximum absolute atomic E-state index is 8.88. The summed E-state index contributed by atoms with van der Waals surface area (Å²) in [6.07, 6.45) is 0. The zero-order chi connectivity index (χ0) is 31.3. The minimum atomic E-state index is -0.398. The number of para-hydroxylation sites is 1. The summed E-state index contributed by atoms with van der Waals surface area (Å²) in [6, 6.07) is 37.6. The Morgan fingerprint density at radius 1 is 0.439 bits per heavy atom. The summed E-state index contributed by atoms with van der Waals surface area (Å²) in [5.74, 6) is 1.67. The Kier molecular flexibility index (Phi) is 3.76. The summed E-state index contributed by atoms with van der Waals surface area (Å²) in [7, 11) is 0. The van der Waals surface area contributed by atoms with E-state index in [-0.39, 0.29) is 29.7 Å². The van der Waals surface area contributed by atoms with E-state index in [2.05, 4.69) is 66.7 Å². The highest BCUT2D eigenvalue weighted by atomic mass is 16.5. The molecule has 190 valence electrons. The molecule has 8 aromatic carbocycles. The van der Waals surface area contributed by atoms with Crippen LogP contribution in [0.25, 0.3) is 76.5 Å². The quantitative estimate of drug-likeness (QED) is 0.161. The van der Waals surface area contributed by atoms with Crippen LogP contribution in [0.1, 0.15) is 6.85 Å². The second-order valence-electron chi connectivity index (χ2n) is 10.5. The van der Waals surface area contributed by atoms with Crippen molar-refractivity contribution in [2.24, 2.45) is 0 Å². The van der Waals surface area contributed by atoms with Crippen LogP contribution in [0.4, 0.5) is 0 Å². The molecule has 1 heteroatoms. The van der Waals surface area contributed by atoms with Gasteiger partial charge < -0.3 is 4.74 Å². The fourth-order valence-electron chi connectivity index (χ4n) is 6.61.